The number of anilines is 1. The molecule has 0 unspecified atom stereocenters. The Balaban J connectivity index is 1.67. The Labute approximate surface area is 160 Å². The van der Waals surface area contributed by atoms with Gasteiger partial charge < -0.3 is 10.1 Å². The van der Waals surface area contributed by atoms with E-state index in [1.807, 2.05) is 35.2 Å². The highest BCUT2D eigenvalue weighted by Crippen LogP contribution is 2.30. The van der Waals surface area contributed by atoms with Crippen LogP contribution in [0, 0.1) is 0 Å². The van der Waals surface area contributed by atoms with Gasteiger partial charge in [0.2, 0.25) is 5.91 Å². The van der Waals surface area contributed by atoms with Gasteiger partial charge in [-0.3, -0.25) is 14.5 Å². The van der Waals surface area contributed by atoms with Crippen molar-refractivity contribution in [3.05, 3.63) is 65.7 Å². The third kappa shape index (κ3) is 5.10. The van der Waals surface area contributed by atoms with Gasteiger partial charge >= 0.3 is 12.1 Å². The van der Waals surface area contributed by atoms with Crippen LogP contribution in [0.2, 0.25) is 0 Å². The first kappa shape index (κ1) is 19.9. The molecule has 1 atom stereocenters. The van der Waals surface area contributed by atoms with Crippen molar-refractivity contribution >= 4 is 17.6 Å². The summed E-state index contributed by atoms with van der Waals surface area (Å²) in [6, 6.07) is 13.1. The van der Waals surface area contributed by atoms with Gasteiger partial charge in [-0.15, -0.1) is 0 Å². The quantitative estimate of drug-likeness (QED) is 0.792. The molecule has 8 heteroatoms. The normalized spacial score (nSPS) is 17.8. The lowest BCUT2D eigenvalue weighted by atomic mass is 10.1. The van der Waals surface area contributed by atoms with Gasteiger partial charge in [-0.2, -0.15) is 13.2 Å². The molecule has 2 aromatic rings. The maximum Gasteiger partial charge on any atom is 0.416 e. The Hall–Kier alpha value is -2.87. The first-order valence-corrected chi connectivity index (χ1v) is 8.74. The fourth-order valence-corrected chi connectivity index (χ4v) is 3.05. The fourth-order valence-electron chi connectivity index (χ4n) is 3.05. The monoisotopic (exact) mass is 392 g/mol. The van der Waals surface area contributed by atoms with E-state index in [2.05, 4.69) is 5.32 Å². The lowest BCUT2D eigenvalue weighted by Crippen LogP contribution is -2.49. The van der Waals surface area contributed by atoms with Crippen molar-refractivity contribution in [3.8, 4) is 0 Å². The first-order chi connectivity index (χ1) is 13.3. The Morgan fingerprint density at radius 3 is 2.61 bits per heavy atom. The van der Waals surface area contributed by atoms with Crippen LogP contribution in [0.15, 0.2) is 54.6 Å². The molecule has 1 aliphatic heterocycles. The van der Waals surface area contributed by atoms with Crippen LogP contribution in [0.1, 0.15) is 17.5 Å². The van der Waals surface area contributed by atoms with Crippen LogP contribution in [0.3, 0.4) is 0 Å². The molecule has 1 fully saturated rings. The summed E-state index contributed by atoms with van der Waals surface area (Å²) < 4.78 is 43.5. The van der Waals surface area contributed by atoms with Gasteiger partial charge in [0.1, 0.15) is 12.6 Å². The summed E-state index contributed by atoms with van der Waals surface area (Å²) in [5.41, 5.74) is 0.159. The number of ether oxygens (including phenoxy) is 1. The summed E-state index contributed by atoms with van der Waals surface area (Å²) in [5, 5.41) is 2.43. The predicted octanol–water partition coefficient (Wildman–Crippen LogP) is 3.46. The van der Waals surface area contributed by atoms with Crippen molar-refractivity contribution in [2.75, 3.05) is 18.5 Å². The molecule has 0 aromatic heterocycles. The smallest absolute Gasteiger partial charge is 0.416 e. The molecule has 1 heterocycles. The summed E-state index contributed by atoms with van der Waals surface area (Å²) in [5.74, 6) is -1.07. The van der Waals surface area contributed by atoms with Crippen molar-refractivity contribution in [1.29, 1.82) is 0 Å². The number of esters is 1. The highest BCUT2D eigenvalue weighted by atomic mass is 19.4. The number of carbonyl (C=O) groups excluding carboxylic acids is 2. The molecule has 0 aliphatic carbocycles. The molecule has 148 valence electrons. The van der Waals surface area contributed by atoms with Crippen LogP contribution in [-0.2, 0) is 27.0 Å². The van der Waals surface area contributed by atoms with Crippen molar-refractivity contribution in [2.24, 2.45) is 0 Å². The number of amides is 1. The van der Waals surface area contributed by atoms with E-state index in [-0.39, 0.29) is 18.7 Å². The number of hydrogen-bond acceptors (Lipinski definition) is 4. The standard InChI is InChI=1S/C20H19F3N2O3/c21-20(22,23)15-7-4-8-16(11-15)24-18(26)12-17-19(27)28-10-9-25(17)13-14-5-2-1-3-6-14/h1-8,11,17H,9-10,12-13H2,(H,24,26)/t17-/m0/s1. The van der Waals surface area contributed by atoms with Crippen LogP contribution in [0.5, 0.6) is 0 Å². The molecule has 3 rings (SSSR count). The topological polar surface area (TPSA) is 58.6 Å². The molecule has 1 N–H and O–H groups in total. The zero-order chi connectivity index (χ0) is 20.1. The number of halogens is 3. The molecule has 5 nitrogen and oxygen atoms in total. The van der Waals surface area contributed by atoms with E-state index in [1.165, 1.54) is 12.1 Å². The average Bonchev–Trinajstić information content (AvgIpc) is 2.65. The molecular weight excluding hydrogens is 373 g/mol. The number of carbonyl (C=O) groups is 2. The maximum absolute atomic E-state index is 12.8. The van der Waals surface area contributed by atoms with Gasteiger partial charge in [0, 0.05) is 18.8 Å². The Kier molecular flexibility index (Phi) is 5.99. The zero-order valence-electron chi connectivity index (χ0n) is 14.9. The summed E-state index contributed by atoms with van der Waals surface area (Å²) in [6.07, 6.45) is -4.71. The molecular formula is C20H19F3N2O3. The molecule has 0 spiro atoms. The molecule has 1 saturated heterocycles. The van der Waals surface area contributed by atoms with E-state index in [1.54, 1.807) is 0 Å². The fraction of sp³-hybridized carbons (Fsp3) is 0.300. The Morgan fingerprint density at radius 2 is 1.89 bits per heavy atom. The van der Waals surface area contributed by atoms with Crippen LogP contribution < -0.4 is 5.32 Å². The predicted molar refractivity (Wildman–Crippen MR) is 96.3 cm³/mol. The molecule has 0 radical (unpaired) electrons. The van der Waals surface area contributed by atoms with Gasteiger partial charge in [-0.25, -0.2) is 0 Å². The van der Waals surface area contributed by atoms with Crippen molar-refractivity contribution in [3.63, 3.8) is 0 Å². The highest BCUT2D eigenvalue weighted by molar-refractivity contribution is 5.94. The molecule has 28 heavy (non-hydrogen) atoms. The second-order valence-corrected chi connectivity index (χ2v) is 6.47. The first-order valence-electron chi connectivity index (χ1n) is 8.74. The Bertz CT molecular complexity index is 840. The average molecular weight is 392 g/mol. The third-order valence-corrected chi connectivity index (χ3v) is 4.42. The number of alkyl halides is 3. The number of benzene rings is 2. The van der Waals surface area contributed by atoms with Crippen LogP contribution >= 0.6 is 0 Å². The number of hydrogen-bond donors (Lipinski definition) is 1. The number of nitrogens with zero attached hydrogens (tertiary/aromatic N) is 1. The molecule has 2 aromatic carbocycles. The molecule has 1 amide bonds. The van der Waals surface area contributed by atoms with Crippen molar-refractivity contribution < 1.29 is 27.5 Å². The van der Waals surface area contributed by atoms with Crippen molar-refractivity contribution in [2.45, 2.75) is 25.2 Å². The minimum absolute atomic E-state index is 0.0265. The van der Waals surface area contributed by atoms with Crippen molar-refractivity contribution in [1.82, 2.24) is 4.90 Å². The Morgan fingerprint density at radius 1 is 1.14 bits per heavy atom. The van der Waals surface area contributed by atoms with Crippen LogP contribution in [-0.4, -0.2) is 36.0 Å². The van der Waals surface area contributed by atoms with E-state index in [4.69, 9.17) is 4.74 Å². The summed E-state index contributed by atoms with van der Waals surface area (Å²) >= 11 is 0. The van der Waals surface area contributed by atoms with Crippen LogP contribution in [0.25, 0.3) is 0 Å². The molecule has 0 saturated carbocycles. The van der Waals surface area contributed by atoms with Gasteiger partial charge in [-0.1, -0.05) is 36.4 Å². The summed E-state index contributed by atoms with van der Waals surface area (Å²) in [4.78, 5) is 26.4. The summed E-state index contributed by atoms with van der Waals surface area (Å²) in [6.45, 7) is 1.18. The van der Waals surface area contributed by atoms with E-state index in [9.17, 15) is 22.8 Å². The minimum Gasteiger partial charge on any atom is -0.463 e. The number of rotatable bonds is 5. The lowest BCUT2D eigenvalue weighted by Gasteiger charge is -2.33. The third-order valence-electron chi connectivity index (χ3n) is 4.42. The molecule has 1 aliphatic rings. The molecule has 0 bridgehead atoms. The van der Waals surface area contributed by atoms with Gasteiger partial charge in [0.05, 0.1) is 12.0 Å². The van der Waals surface area contributed by atoms with E-state index in [0.29, 0.717) is 13.1 Å². The SMILES string of the molecule is O=C(C[C@H]1C(=O)OCCN1Cc1ccccc1)Nc1cccc(C(F)(F)F)c1. The lowest BCUT2D eigenvalue weighted by molar-refractivity contribution is -0.159. The van der Waals surface area contributed by atoms with Gasteiger partial charge in [-0.05, 0) is 23.8 Å². The van der Waals surface area contributed by atoms with E-state index < -0.39 is 29.7 Å². The number of nitrogens with one attached hydrogen (secondary N) is 1. The highest BCUT2D eigenvalue weighted by Gasteiger charge is 2.34. The summed E-state index contributed by atoms with van der Waals surface area (Å²) in [7, 11) is 0. The largest absolute Gasteiger partial charge is 0.463 e. The number of morpholine rings is 1. The zero-order valence-corrected chi connectivity index (χ0v) is 14.9. The van der Waals surface area contributed by atoms with E-state index >= 15 is 0 Å². The van der Waals surface area contributed by atoms with Crippen LogP contribution in [0.4, 0.5) is 18.9 Å². The van der Waals surface area contributed by atoms with Gasteiger partial charge in [0.25, 0.3) is 0 Å². The number of cyclic esters (lactones) is 1. The second-order valence-electron chi connectivity index (χ2n) is 6.47. The maximum atomic E-state index is 12.8. The minimum atomic E-state index is -4.50. The second kappa shape index (κ2) is 8.43. The van der Waals surface area contributed by atoms with Gasteiger partial charge in [0.15, 0.2) is 0 Å². The van der Waals surface area contributed by atoms with E-state index in [0.717, 1.165) is 17.7 Å².